The molecular formula is C27H38Cl2N2O3. The molecule has 0 saturated carbocycles. The predicted octanol–water partition coefficient (Wildman–Crippen LogP) is 5.48. The van der Waals surface area contributed by atoms with Gasteiger partial charge in [0.15, 0.2) is 0 Å². The molecule has 188 valence electrons. The van der Waals surface area contributed by atoms with Gasteiger partial charge in [-0.3, -0.25) is 0 Å². The molecule has 2 aliphatic heterocycles. The molecule has 0 radical (unpaired) electrons. The Balaban J connectivity index is 0.00000193. The zero-order valence-electron chi connectivity index (χ0n) is 20.2. The molecule has 7 heteroatoms. The van der Waals surface area contributed by atoms with Crippen molar-refractivity contribution in [1.29, 1.82) is 0 Å². The number of benzene rings is 2. The number of carbonyl (C=O) groups excluding carboxylic acids is 1. The summed E-state index contributed by atoms with van der Waals surface area (Å²) in [5.41, 5.74) is 3.53. The van der Waals surface area contributed by atoms with Gasteiger partial charge in [0.1, 0.15) is 6.10 Å². The van der Waals surface area contributed by atoms with Crippen LogP contribution >= 0.6 is 24.8 Å². The molecule has 4 rings (SSSR count). The number of esters is 1. The van der Waals surface area contributed by atoms with Gasteiger partial charge < -0.3 is 20.4 Å². The van der Waals surface area contributed by atoms with Crippen LogP contribution in [-0.4, -0.2) is 48.1 Å². The summed E-state index contributed by atoms with van der Waals surface area (Å²) in [6.45, 7) is 5.26. The Morgan fingerprint density at radius 1 is 1.06 bits per heavy atom. The number of halogens is 2. The first-order chi connectivity index (χ1) is 15.0. The normalized spacial score (nSPS) is 21.6. The third-order valence-electron chi connectivity index (χ3n) is 6.55. The molecule has 2 heterocycles. The first kappa shape index (κ1) is 30.0. The van der Waals surface area contributed by atoms with Gasteiger partial charge in [-0.25, -0.2) is 4.79 Å². The highest BCUT2D eigenvalue weighted by molar-refractivity contribution is 6.21. The van der Waals surface area contributed by atoms with Gasteiger partial charge in [0.05, 0.1) is 5.57 Å². The maximum absolute atomic E-state index is 13.4. The van der Waals surface area contributed by atoms with E-state index in [2.05, 4.69) is 37.2 Å². The molecule has 0 aliphatic carbocycles. The number of nitrogens with one attached hydrogen (secondary N) is 1. The number of hydrogen-bond acceptors (Lipinski definition) is 4. The van der Waals surface area contributed by atoms with E-state index in [4.69, 9.17) is 4.74 Å². The predicted molar refractivity (Wildman–Crippen MR) is 146 cm³/mol. The van der Waals surface area contributed by atoms with Crippen LogP contribution < -0.4 is 5.32 Å². The van der Waals surface area contributed by atoms with E-state index in [0.29, 0.717) is 23.6 Å². The first-order valence-corrected chi connectivity index (χ1v) is 11.5. The second-order valence-electron chi connectivity index (χ2n) is 9.37. The smallest absolute Gasteiger partial charge is 0.339 e. The van der Waals surface area contributed by atoms with E-state index < -0.39 is 0 Å². The second kappa shape index (κ2) is 13.7. The van der Waals surface area contributed by atoms with Gasteiger partial charge in [0, 0.05) is 37.2 Å². The van der Waals surface area contributed by atoms with Gasteiger partial charge >= 0.3 is 5.97 Å². The molecule has 2 fully saturated rings. The standard InChI is InChI=1S/C27H34N2O2.2ClH.H2O/c1-19(2)18-28-22-11-7-10-21(15-22)26(14-20-8-5-4-6-9-20)27(30)31-25-16-23-12-13-24(17-25)29(23)3;;;/h4-11,14-15,19,23-25,28H,12-13,16-18H2,1-3H3;2*1H;1H2/b26-14+;;;/t23-,24+,25?;;;. The third-order valence-corrected chi connectivity index (χ3v) is 6.55. The van der Waals surface area contributed by atoms with Gasteiger partial charge in [-0.05, 0) is 55.1 Å². The van der Waals surface area contributed by atoms with Crippen LogP contribution in [0.15, 0.2) is 54.6 Å². The number of carbonyl (C=O) groups is 1. The Bertz CT molecular complexity index is 922. The highest BCUT2D eigenvalue weighted by Gasteiger charge is 2.40. The lowest BCUT2D eigenvalue weighted by atomic mass is 9.99. The second-order valence-corrected chi connectivity index (χ2v) is 9.37. The van der Waals surface area contributed by atoms with Crippen LogP contribution in [0.5, 0.6) is 0 Å². The lowest BCUT2D eigenvalue weighted by Crippen LogP contribution is -2.43. The first-order valence-electron chi connectivity index (χ1n) is 11.5. The zero-order valence-corrected chi connectivity index (χ0v) is 21.8. The third kappa shape index (κ3) is 7.47. The number of nitrogens with zero attached hydrogens (tertiary/aromatic N) is 1. The molecule has 0 amide bonds. The van der Waals surface area contributed by atoms with Crippen LogP contribution in [0.3, 0.4) is 0 Å². The highest BCUT2D eigenvalue weighted by Crippen LogP contribution is 2.36. The fraction of sp³-hybridized carbons (Fsp3) is 0.444. The maximum atomic E-state index is 13.4. The fourth-order valence-electron chi connectivity index (χ4n) is 4.77. The molecule has 0 spiro atoms. The molecule has 0 aromatic heterocycles. The van der Waals surface area contributed by atoms with Crippen molar-refractivity contribution in [2.24, 2.45) is 5.92 Å². The molecule has 3 atom stereocenters. The van der Waals surface area contributed by atoms with Crippen molar-refractivity contribution in [2.75, 3.05) is 18.9 Å². The molecule has 34 heavy (non-hydrogen) atoms. The van der Waals surface area contributed by atoms with E-state index >= 15 is 0 Å². The van der Waals surface area contributed by atoms with Gasteiger partial charge in [0.25, 0.3) is 0 Å². The van der Waals surface area contributed by atoms with Crippen molar-refractivity contribution in [2.45, 2.75) is 57.7 Å². The van der Waals surface area contributed by atoms with E-state index in [0.717, 1.165) is 36.2 Å². The summed E-state index contributed by atoms with van der Waals surface area (Å²) in [5, 5.41) is 3.46. The van der Waals surface area contributed by atoms with Crippen LogP contribution in [-0.2, 0) is 9.53 Å². The average Bonchev–Trinajstić information content (AvgIpc) is 2.97. The minimum Gasteiger partial charge on any atom is -0.459 e. The molecule has 2 aromatic carbocycles. The Morgan fingerprint density at radius 3 is 2.32 bits per heavy atom. The minimum atomic E-state index is -0.223. The van der Waals surface area contributed by atoms with Gasteiger partial charge in [-0.2, -0.15) is 0 Å². The van der Waals surface area contributed by atoms with Gasteiger partial charge in [-0.1, -0.05) is 56.3 Å². The summed E-state index contributed by atoms with van der Waals surface area (Å²) in [4.78, 5) is 15.9. The molecule has 3 N–H and O–H groups in total. The van der Waals surface area contributed by atoms with E-state index in [-0.39, 0.29) is 42.4 Å². The van der Waals surface area contributed by atoms with Crippen molar-refractivity contribution < 1.29 is 15.0 Å². The number of hydrogen-bond donors (Lipinski definition) is 1. The lowest BCUT2D eigenvalue weighted by Gasteiger charge is -2.35. The largest absolute Gasteiger partial charge is 0.459 e. The van der Waals surface area contributed by atoms with Crippen molar-refractivity contribution in [1.82, 2.24) is 4.90 Å². The van der Waals surface area contributed by atoms with Crippen LogP contribution in [0.1, 0.15) is 50.7 Å². The van der Waals surface area contributed by atoms with Crippen LogP contribution in [0.4, 0.5) is 5.69 Å². The quantitative estimate of drug-likeness (QED) is 0.305. The van der Waals surface area contributed by atoms with E-state index in [9.17, 15) is 4.79 Å². The molecular weight excluding hydrogens is 471 g/mol. The molecule has 2 aliphatic rings. The number of anilines is 1. The number of piperidine rings is 1. The van der Waals surface area contributed by atoms with Crippen LogP contribution in [0, 0.1) is 5.92 Å². The Labute approximate surface area is 216 Å². The molecule has 1 unspecified atom stereocenters. The number of rotatable bonds is 7. The van der Waals surface area contributed by atoms with Gasteiger partial charge in [0.2, 0.25) is 0 Å². The van der Waals surface area contributed by atoms with E-state index in [1.807, 2.05) is 54.6 Å². The fourth-order valence-corrected chi connectivity index (χ4v) is 4.77. The van der Waals surface area contributed by atoms with Crippen molar-refractivity contribution in [3.8, 4) is 0 Å². The Morgan fingerprint density at radius 2 is 1.71 bits per heavy atom. The summed E-state index contributed by atoms with van der Waals surface area (Å²) >= 11 is 0. The number of fused-ring (bicyclic) bond motifs is 2. The SMILES string of the molecule is CC(C)CNc1cccc(/C(=C\c2ccccc2)C(=O)OC2C[C@H]3CC[C@@H](C2)N3C)c1.Cl.Cl.O. The van der Waals surface area contributed by atoms with E-state index in [1.54, 1.807) is 0 Å². The van der Waals surface area contributed by atoms with Gasteiger partial charge in [-0.15, -0.1) is 24.8 Å². The molecule has 2 aromatic rings. The van der Waals surface area contributed by atoms with E-state index in [1.165, 1.54) is 12.8 Å². The molecule has 2 saturated heterocycles. The van der Waals surface area contributed by atoms with Crippen molar-refractivity contribution >= 4 is 48.1 Å². The average molecular weight is 510 g/mol. The Kier molecular flexibility index (Phi) is 12.1. The summed E-state index contributed by atoms with van der Waals surface area (Å²) in [6.07, 6.45) is 6.26. The molecule has 2 bridgehead atoms. The summed E-state index contributed by atoms with van der Waals surface area (Å²) < 4.78 is 6.09. The summed E-state index contributed by atoms with van der Waals surface area (Å²) in [6, 6.07) is 19.2. The van der Waals surface area contributed by atoms with Crippen LogP contribution in [0.2, 0.25) is 0 Å². The summed E-state index contributed by atoms with van der Waals surface area (Å²) in [5.74, 6) is 0.326. The van der Waals surface area contributed by atoms with Crippen LogP contribution in [0.25, 0.3) is 11.6 Å². The molecule has 5 nitrogen and oxygen atoms in total. The Hall–Kier alpha value is -2.05. The lowest BCUT2D eigenvalue weighted by molar-refractivity contribution is -0.144. The monoisotopic (exact) mass is 508 g/mol. The minimum absolute atomic E-state index is 0. The van der Waals surface area contributed by atoms with Crippen molar-refractivity contribution in [3.63, 3.8) is 0 Å². The maximum Gasteiger partial charge on any atom is 0.339 e. The highest BCUT2D eigenvalue weighted by atomic mass is 35.5. The zero-order chi connectivity index (χ0) is 21.8. The number of ether oxygens (including phenoxy) is 1. The summed E-state index contributed by atoms with van der Waals surface area (Å²) in [7, 11) is 2.21. The topological polar surface area (TPSA) is 73.1 Å². The van der Waals surface area contributed by atoms with Crippen molar-refractivity contribution in [3.05, 3.63) is 65.7 Å².